The molecule has 2 rings (SSSR count). The first-order valence-electron chi connectivity index (χ1n) is 7.17. The summed E-state index contributed by atoms with van der Waals surface area (Å²) in [5, 5.41) is 3.27. The minimum atomic E-state index is -0.149. The summed E-state index contributed by atoms with van der Waals surface area (Å²) in [5.74, 6) is 0. The third-order valence-electron chi connectivity index (χ3n) is 3.82. The predicted octanol–water partition coefficient (Wildman–Crippen LogP) is 3.64. The van der Waals surface area contributed by atoms with E-state index in [1.807, 2.05) is 6.07 Å². The molecule has 0 unspecified atom stereocenters. The summed E-state index contributed by atoms with van der Waals surface area (Å²) < 4.78 is 1.67. The van der Waals surface area contributed by atoms with E-state index in [1.165, 1.54) is 11.1 Å². The van der Waals surface area contributed by atoms with Crippen molar-refractivity contribution in [2.45, 2.75) is 53.4 Å². The first-order chi connectivity index (χ1) is 9.25. The first kappa shape index (κ1) is 14.6. The summed E-state index contributed by atoms with van der Waals surface area (Å²) in [6.07, 6.45) is 0.833. The molecular formula is C17H24N2O. The molecule has 0 aliphatic heterocycles. The van der Waals surface area contributed by atoms with Gasteiger partial charge in [0.1, 0.15) is 0 Å². The zero-order valence-corrected chi connectivity index (χ0v) is 13.3. The van der Waals surface area contributed by atoms with E-state index in [9.17, 15) is 4.79 Å². The maximum Gasteiger partial charge on any atom is 0.275 e. The van der Waals surface area contributed by atoms with E-state index in [0.717, 1.165) is 23.4 Å². The van der Waals surface area contributed by atoms with Crippen LogP contribution in [-0.2, 0) is 11.8 Å². The molecule has 0 amide bonds. The van der Waals surface area contributed by atoms with Gasteiger partial charge in [-0.25, -0.2) is 4.68 Å². The van der Waals surface area contributed by atoms with Crippen LogP contribution in [0.25, 0.3) is 5.69 Å². The third-order valence-corrected chi connectivity index (χ3v) is 3.82. The van der Waals surface area contributed by atoms with Crippen LogP contribution in [-0.4, -0.2) is 9.78 Å². The topological polar surface area (TPSA) is 37.8 Å². The Morgan fingerprint density at radius 2 is 1.80 bits per heavy atom. The van der Waals surface area contributed by atoms with Gasteiger partial charge < -0.3 is 0 Å². The second-order valence-electron chi connectivity index (χ2n) is 6.48. The van der Waals surface area contributed by atoms with Crippen molar-refractivity contribution in [3.63, 3.8) is 0 Å². The molecule has 3 nitrogen and oxygen atoms in total. The largest absolute Gasteiger partial charge is 0.295 e. The van der Waals surface area contributed by atoms with Crippen molar-refractivity contribution in [1.29, 1.82) is 0 Å². The van der Waals surface area contributed by atoms with Gasteiger partial charge in [-0.2, -0.15) is 0 Å². The van der Waals surface area contributed by atoms with Gasteiger partial charge in [-0.1, -0.05) is 33.8 Å². The van der Waals surface area contributed by atoms with Gasteiger partial charge in [0.05, 0.1) is 5.69 Å². The Hall–Kier alpha value is -1.77. The normalized spacial score (nSPS) is 11.9. The highest BCUT2D eigenvalue weighted by Crippen LogP contribution is 2.23. The molecule has 0 fully saturated rings. The number of aryl methyl sites for hydroxylation is 3. The Balaban J connectivity index is 2.67. The van der Waals surface area contributed by atoms with Crippen LogP contribution in [0.15, 0.2) is 23.0 Å². The number of rotatable bonds is 2. The molecule has 0 bridgehead atoms. The van der Waals surface area contributed by atoms with E-state index >= 15 is 0 Å². The van der Waals surface area contributed by atoms with Crippen molar-refractivity contribution < 1.29 is 0 Å². The summed E-state index contributed by atoms with van der Waals surface area (Å²) in [7, 11) is 0. The Labute approximate surface area is 120 Å². The van der Waals surface area contributed by atoms with E-state index in [1.54, 1.807) is 4.68 Å². The maximum atomic E-state index is 12.7. The standard InChI is InChI=1S/C17H24N2O/c1-7-14-15(17(4,5)6)16(20)19(18-14)13-9-8-11(2)12(3)10-13/h8-10,18H,7H2,1-6H3. The molecule has 20 heavy (non-hydrogen) atoms. The van der Waals surface area contributed by atoms with Crippen LogP contribution in [0.2, 0.25) is 0 Å². The fourth-order valence-corrected chi connectivity index (χ4v) is 2.56. The number of H-pyrrole nitrogens is 1. The molecule has 108 valence electrons. The maximum absolute atomic E-state index is 12.7. The van der Waals surface area contributed by atoms with Crippen LogP contribution in [0, 0.1) is 13.8 Å². The average Bonchev–Trinajstić information content (AvgIpc) is 2.69. The lowest BCUT2D eigenvalue weighted by Gasteiger charge is -2.16. The van der Waals surface area contributed by atoms with Crippen molar-refractivity contribution in [2.75, 3.05) is 0 Å². The molecule has 2 aromatic rings. The zero-order valence-electron chi connectivity index (χ0n) is 13.3. The summed E-state index contributed by atoms with van der Waals surface area (Å²) in [6.45, 7) is 12.5. The lowest BCUT2D eigenvalue weighted by molar-refractivity contribution is 0.578. The number of nitrogens with zero attached hydrogens (tertiary/aromatic N) is 1. The number of aromatic nitrogens is 2. The van der Waals surface area contributed by atoms with E-state index < -0.39 is 0 Å². The SMILES string of the molecule is CCc1[nH]n(-c2ccc(C)c(C)c2)c(=O)c1C(C)(C)C. The fraction of sp³-hybridized carbons (Fsp3) is 0.471. The van der Waals surface area contributed by atoms with Crippen molar-refractivity contribution in [3.8, 4) is 5.69 Å². The highest BCUT2D eigenvalue weighted by Gasteiger charge is 2.25. The molecule has 1 aromatic carbocycles. The highest BCUT2D eigenvalue weighted by molar-refractivity contribution is 5.40. The van der Waals surface area contributed by atoms with Crippen molar-refractivity contribution in [2.24, 2.45) is 0 Å². The van der Waals surface area contributed by atoms with Gasteiger partial charge >= 0.3 is 0 Å². The van der Waals surface area contributed by atoms with E-state index in [0.29, 0.717) is 0 Å². The van der Waals surface area contributed by atoms with Crippen LogP contribution in [0.5, 0.6) is 0 Å². The molecule has 1 N–H and O–H groups in total. The zero-order chi connectivity index (χ0) is 15.1. The number of aromatic amines is 1. The molecule has 0 spiro atoms. The molecule has 0 saturated heterocycles. The average molecular weight is 272 g/mol. The quantitative estimate of drug-likeness (QED) is 0.890. The summed E-state index contributed by atoms with van der Waals surface area (Å²) in [6, 6.07) is 6.10. The monoisotopic (exact) mass is 272 g/mol. The van der Waals surface area contributed by atoms with Gasteiger partial charge in [0.15, 0.2) is 0 Å². The summed E-state index contributed by atoms with van der Waals surface area (Å²) in [5.41, 5.74) is 5.17. The fourth-order valence-electron chi connectivity index (χ4n) is 2.56. The molecular weight excluding hydrogens is 248 g/mol. The smallest absolute Gasteiger partial charge is 0.275 e. The van der Waals surface area contributed by atoms with E-state index in [-0.39, 0.29) is 11.0 Å². The molecule has 3 heteroatoms. The minimum absolute atomic E-state index is 0.0672. The number of hydrogen-bond donors (Lipinski definition) is 1. The Morgan fingerprint density at radius 3 is 2.25 bits per heavy atom. The Bertz CT molecular complexity index is 684. The number of nitrogens with one attached hydrogen (secondary N) is 1. The molecule has 0 saturated carbocycles. The molecule has 0 atom stereocenters. The van der Waals surface area contributed by atoms with Crippen molar-refractivity contribution in [1.82, 2.24) is 9.78 Å². The predicted molar refractivity (Wildman–Crippen MR) is 83.9 cm³/mol. The van der Waals surface area contributed by atoms with Crippen LogP contribution in [0.3, 0.4) is 0 Å². The molecule has 0 radical (unpaired) electrons. The highest BCUT2D eigenvalue weighted by atomic mass is 16.1. The molecule has 1 heterocycles. The van der Waals surface area contributed by atoms with Crippen LogP contribution < -0.4 is 5.56 Å². The summed E-state index contributed by atoms with van der Waals surface area (Å²) >= 11 is 0. The third kappa shape index (κ3) is 2.45. The Morgan fingerprint density at radius 1 is 1.15 bits per heavy atom. The van der Waals surface area contributed by atoms with Crippen molar-refractivity contribution in [3.05, 3.63) is 50.9 Å². The second kappa shape index (κ2) is 4.97. The second-order valence-corrected chi connectivity index (χ2v) is 6.48. The van der Waals surface area contributed by atoms with E-state index in [2.05, 4.69) is 58.8 Å². The molecule has 0 aliphatic carbocycles. The first-order valence-corrected chi connectivity index (χ1v) is 7.17. The number of benzene rings is 1. The van der Waals surface area contributed by atoms with Crippen LogP contribution >= 0.6 is 0 Å². The van der Waals surface area contributed by atoms with Gasteiger partial charge in [0.2, 0.25) is 0 Å². The van der Waals surface area contributed by atoms with Crippen LogP contribution in [0.1, 0.15) is 50.1 Å². The van der Waals surface area contributed by atoms with Gasteiger partial charge in [0.25, 0.3) is 5.56 Å². The van der Waals surface area contributed by atoms with Gasteiger partial charge in [-0.15, -0.1) is 0 Å². The molecule has 0 aliphatic rings. The van der Waals surface area contributed by atoms with Gasteiger partial charge in [-0.3, -0.25) is 9.89 Å². The van der Waals surface area contributed by atoms with Crippen molar-refractivity contribution >= 4 is 0 Å². The van der Waals surface area contributed by atoms with Gasteiger partial charge in [0, 0.05) is 11.3 Å². The van der Waals surface area contributed by atoms with Crippen LogP contribution in [0.4, 0.5) is 0 Å². The summed E-state index contributed by atoms with van der Waals surface area (Å²) in [4.78, 5) is 12.7. The minimum Gasteiger partial charge on any atom is -0.295 e. The molecule has 1 aromatic heterocycles. The Kier molecular flexibility index (Phi) is 3.63. The van der Waals surface area contributed by atoms with E-state index in [4.69, 9.17) is 0 Å². The number of hydrogen-bond acceptors (Lipinski definition) is 1. The van der Waals surface area contributed by atoms with Gasteiger partial charge in [-0.05, 0) is 48.9 Å². The lowest BCUT2D eigenvalue weighted by atomic mass is 9.86. The lowest BCUT2D eigenvalue weighted by Crippen LogP contribution is -2.25.